The van der Waals surface area contributed by atoms with Crippen LogP contribution in [-0.2, 0) is 13.0 Å². The van der Waals surface area contributed by atoms with Crippen LogP contribution in [0.5, 0.6) is 0 Å². The van der Waals surface area contributed by atoms with Crippen molar-refractivity contribution < 1.29 is 0 Å². The second kappa shape index (κ2) is 7.24. The van der Waals surface area contributed by atoms with Crippen molar-refractivity contribution in [2.24, 2.45) is 0 Å². The summed E-state index contributed by atoms with van der Waals surface area (Å²) in [5.74, 6) is 0. The average Bonchev–Trinajstić information content (AvgIpc) is 2.85. The van der Waals surface area contributed by atoms with Gasteiger partial charge < -0.3 is 10.2 Å². The van der Waals surface area contributed by atoms with E-state index in [2.05, 4.69) is 41.2 Å². The molecule has 0 aromatic carbocycles. The lowest BCUT2D eigenvalue weighted by atomic mass is 10.3. The Bertz CT molecular complexity index is 343. The van der Waals surface area contributed by atoms with Crippen molar-refractivity contribution >= 4 is 11.3 Å². The van der Waals surface area contributed by atoms with Crippen molar-refractivity contribution in [3.05, 3.63) is 21.9 Å². The van der Waals surface area contributed by atoms with E-state index in [1.54, 1.807) is 0 Å². The molecular formula is C14H25N3S. The summed E-state index contributed by atoms with van der Waals surface area (Å²) >= 11 is 1.94. The van der Waals surface area contributed by atoms with E-state index in [0.29, 0.717) is 0 Å². The maximum Gasteiger partial charge on any atom is 0.0300 e. The first-order valence-electron chi connectivity index (χ1n) is 6.97. The van der Waals surface area contributed by atoms with Crippen LogP contribution in [0, 0.1) is 0 Å². The molecule has 102 valence electrons. The van der Waals surface area contributed by atoms with E-state index in [1.807, 2.05) is 11.3 Å². The average molecular weight is 267 g/mol. The van der Waals surface area contributed by atoms with Gasteiger partial charge in [-0.15, -0.1) is 11.3 Å². The highest BCUT2D eigenvalue weighted by molar-refractivity contribution is 7.11. The molecule has 4 heteroatoms. The van der Waals surface area contributed by atoms with Gasteiger partial charge in [-0.1, -0.05) is 6.92 Å². The molecule has 0 aliphatic carbocycles. The zero-order valence-corrected chi connectivity index (χ0v) is 12.4. The van der Waals surface area contributed by atoms with Crippen molar-refractivity contribution in [2.75, 3.05) is 46.3 Å². The fourth-order valence-corrected chi connectivity index (χ4v) is 3.16. The summed E-state index contributed by atoms with van der Waals surface area (Å²) in [7, 11) is 2.21. The van der Waals surface area contributed by atoms with Crippen LogP contribution >= 0.6 is 11.3 Å². The van der Waals surface area contributed by atoms with Crippen molar-refractivity contribution in [3.8, 4) is 0 Å². The van der Waals surface area contributed by atoms with Gasteiger partial charge in [-0.25, -0.2) is 0 Å². The van der Waals surface area contributed by atoms with E-state index in [0.717, 1.165) is 19.5 Å². The first kappa shape index (κ1) is 14.0. The number of thiophene rings is 1. The van der Waals surface area contributed by atoms with Gasteiger partial charge in [0.25, 0.3) is 0 Å². The molecule has 1 aliphatic rings. The molecule has 0 bridgehead atoms. The van der Waals surface area contributed by atoms with Crippen LogP contribution in [-0.4, -0.2) is 56.1 Å². The second-order valence-electron chi connectivity index (χ2n) is 5.04. The first-order chi connectivity index (χ1) is 8.78. The van der Waals surface area contributed by atoms with Crippen LogP contribution in [0.1, 0.15) is 16.7 Å². The molecule has 0 unspecified atom stereocenters. The van der Waals surface area contributed by atoms with Crippen molar-refractivity contribution in [2.45, 2.75) is 19.9 Å². The lowest BCUT2D eigenvalue weighted by Crippen LogP contribution is -2.46. The van der Waals surface area contributed by atoms with Gasteiger partial charge in [-0.3, -0.25) is 4.90 Å². The van der Waals surface area contributed by atoms with Gasteiger partial charge in [0.15, 0.2) is 0 Å². The molecule has 3 nitrogen and oxygen atoms in total. The minimum Gasteiger partial charge on any atom is -0.311 e. The summed E-state index contributed by atoms with van der Waals surface area (Å²) in [4.78, 5) is 7.91. The fraction of sp³-hybridized carbons (Fsp3) is 0.714. The van der Waals surface area contributed by atoms with Crippen LogP contribution in [0.25, 0.3) is 0 Å². The summed E-state index contributed by atoms with van der Waals surface area (Å²) in [6.45, 7) is 10.4. The number of rotatable bonds is 6. The molecule has 0 atom stereocenters. The molecule has 1 N–H and O–H groups in total. The lowest BCUT2D eigenvalue weighted by Gasteiger charge is -2.32. The fourth-order valence-electron chi connectivity index (χ4n) is 2.23. The quantitative estimate of drug-likeness (QED) is 0.791. The van der Waals surface area contributed by atoms with E-state index >= 15 is 0 Å². The Labute approximate surface area is 115 Å². The lowest BCUT2D eigenvalue weighted by molar-refractivity contribution is 0.154. The number of hydrogen-bond donors (Lipinski definition) is 1. The Hall–Kier alpha value is -0.420. The zero-order chi connectivity index (χ0) is 12.8. The maximum absolute atomic E-state index is 3.55. The summed E-state index contributed by atoms with van der Waals surface area (Å²) in [5.41, 5.74) is 0. The third-order valence-corrected chi connectivity index (χ3v) is 4.80. The number of piperazine rings is 1. The summed E-state index contributed by atoms with van der Waals surface area (Å²) < 4.78 is 0. The molecule has 1 fully saturated rings. The third-order valence-electron chi connectivity index (χ3n) is 3.57. The molecule has 0 radical (unpaired) electrons. The Morgan fingerprint density at radius 2 is 1.89 bits per heavy atom. The van der Waals surface area contributed by atoms with Crippen LogP contribution in [0.3, 0.4) is 0 Å². The smallest absolute Gasteiger partial charge is 0.0300 e. The van der Waals surface area contributed by atoms with E-state index < -0.39 is 0 Å². The Morgan fingerprint density at radius 1 is 1.17 bits per heavy atom. The molecule has 1 aromatic heterocycles. The summed E-state index contributed by atoms with van der Waals surface area (Å²) in [5, 5.41) is 3.55. The molecule has 18 heavy (non-hydrogen) atoms. The van der Waals surface area contributed by atoms with Gasteiger partial charge in [0.1, 0.15) is 0 Å². The van der Waals surface area contributed by atoms with Gasteiger partial charge in [0.2, 0.25) is 0 Å². The van der Waals surface area contributed by atoms with Crippen LogP contribution < -0.4 is 5.32 Å². The van der Waals surface area contributed by atoms with Gasteiger partial charge in [-0.2, -0.15) is 0 Å². The predicted molar refractivity (Wildman–Crippen MR) is 79.3 cm³/mol. The number of aryl methyl sites for hydroxylation is 1. The standard InChI is InChI=1S/C14H25N3S/c1-3-13-4-5-14(18-13)12-15-6-7-17-10-8-16(2)9-11-17/h4-5,15H,3,6-12H2,1-2H3. The molecule has 0 amide bonds. The van der Waals surface area contributed by atoms with Gasteiger partial charge in [-0.05, 0) is 25.6 Å². The molecule has 0 spiro atoms. The van der Waals surface area contributed by atoms with Gasteiger partial charge in [0, 0.05) is 55.6 Å². The monoisotopic (exact) mass is 267 g/mol. The van der Waals surface area contributed by atoms with Crippen molar-refractivity contribution in [1.29, 1.82) is 0 Å². The largest absolute Gasteiger partial charge is 0.311 e. The summed E-state index contributed by atoms with van der Waals surface area (Å²) in [6, 6.07) is 4.51. The number of likely N-dealkylation sites (N-methyl/N-ethyl adjacent to an activating group) is 1. The molecular weight excluding hydrogens is 242 g/mol. The highest BCUT2D eigenvalue weighted by Gasteiger charge is 2.12. The van der Waals surface area contributed by atoms with Crippen molar-refractivity contribution in [1.82, 2.24) is 15.1 Å². The maximum atomic E-state index is 3.55. The van der Waals surface area contributed by atoms with E-state index in [-0.39, 0.29) is 0 Å². The van der Waals surface area contributed by atoms with Gasteiger partial charge >= 0.3 is 0 Å². The Kier molecular flexibility index (Phi) is 5.63. The highest BCUT2D eigenvalue weighted by atomic mass is 32.1. The SMILES string of the molecule is CCc1ccc(CNCCN2CCN(C)CC2)s1. The van der Waals surface area contributed by atoms with Gasteiger partial charge in [0.05, 0.1) is 0 Å². The van der Waals surface area contributed by atoms with E-state index in [9.17, 15) is 0 Å². The summed E-state index contributed by atoms with van der Waals surface area (Å²) in [6.07, 6.45) is 1.16. The zero-order valence-electron chi connectivity index (χ0n) is 11.6. The second-order valence-corrected chi connectivity index (χ2v) is 6.30. The van der Waals surface area contributed by atoms with Crippen molar-refractivity contribution in [3.63, 3.8) is 0 Å². The first-order valence-corrected chi connectivity index (χ1v) is 7.79. The third kappa shape index (κ3) is 4.35. The molecule has 1 aliphatic heterocycles. The highest BCUT2D eigenvalue weighted by Crippen LogP contribution is 2.16. The van der Waals surface area contributed by atoms with E-state index in [1.165, 1.54) is 42.5 Å². The Balaban J connectivity index is 1.58. The predicted octanol–water partition coefficient (Wildman–Crippen LogP) is 1.65. The molecule has 2 heterocycles. The molecule has 2 rings (SSSR count). The number of nitrogens with one attached hydrogen (secondary N) is 1. The molecule has 1 aromatic rings. The Morgan fingerprint density at radius 3 is 2.56 bits per heavy atom. The number of hydrogen-bond acceptors (Lipinski definition) is 4. The van der Waals surface area contributed by atoms with Crippen LogP contribution in [0.2, 0.25) is 0 Å². The van der Waals surface area contributed by atoms with E-state index in [4.69, 9.17) is 0 Å². The normalized spacial score (nSPS) is 18.3. The number of nitrogens with zero attached hydrogens (tertiary/aromatic N) is 2. The molecule has 1 saturated heterocycles. The molecule has 0 saturated carbocycles. The topological polar surface area (TPSA) is 18.5 Å². The van der Waals surface area contributed by atoms with Crippen LogP contribution in [0.4, 0.5) is 0 Å². The minimum absolute atomic E-state index is 1.03. The minimum atomic E-state index is 1.03. The van der Waals surface area contributed by atoms with Crippen LogP contribution in [0.15, 0.2) is 12.1 Å².